The van der Waals surface area contributed by atoms with E-state index in [2.05, 4.69) is 61.7 Å². The summed E-state index contributed by atoms with van der Waals surface area (Å²) >= 11 is 0. The normalized spacial score (nSPS) is 14.9. The van der Waals surface area contributed by atoms with E-state index in [9.17, 15) is 9.90 Å². The fraction of sp³-hybridized carbons (Fsp3) is 0.519. The van der Waals surface area contributed by atoms with E-state index in [1.54, 1.807) is 13.0 Å². The van der Waals surface area contributed by atoms with Gasteiger partial charge >= 0.3 is 0 Å². The minimum absolute atomic E-state index is 0.180. The predicted molar refractivity (Wildman–Crippen MR) is 131 cm³/mol. The number of hydrogen-bond donors (Lipinski definition) is 2. The second kappa shape index (κ2) is 20.2. The third-order valence-electron chi connectivity index (χ3n) is 4.49. The molecule has 0 fully saturated rings. The molecule has 1 amide bonds. The van der Waals surface area contributed by atoms with Crippen LogP contribution in [0.3, 0.4) is 0 Å². The monoisotopic (exact) mass is 413 g/mol. The molecule has 1 atom stereocenters. The first-order valence-electron chi connectivity index (χ1n) is 11.5. The Balaban J connectivity index is 3.89. The van der Waals surface area contributed by atoms with Crippen molar-refractivity contribution in [3.05, 3.63) is 72.9 Å². The summed E-state index contributed by atoms with van der Waals surface area (Å²) < 4.78 is 0. The number of allylic oxidation sites excluding steroid dienone is 11. The van der Waals surface area contributed by atoms with E-state index >= 15 is 0 Å². The van der Waals surface area contributed by atoms with E-state index in [1.165, 1.54) is 25.3 Å². The highest BCUT2D eigenvalue weighted by Crippen LogP contribution is 2.14. The molecule has 0 aromatic rings. The van der Waals surface area contributed by atoms with Crippen LogP contribution in [0.25, 0.3) is 0 Å². The van der Waals surface area contributed by atoms with Crippen LogP contribution in [0.5, 0.6) is 0 Å². The Morgan fingerprint density at radius 2 is 1.33 bits per heavy atom. The lowest BCUT2D eigenvalue weighted by molar-refractivity contribution is -0.117. The molecular weight excluding hydrogens is 370 g/mol. The average Bonchev–Trinajstić information content (AvgIpc) is 2.72. The van der Waals surface area contributed by atoms with Crippen LogP contribution in [0.4, 0.5) is 0 Å². The standard InChI is InChI=1S/C27H43NO2/c1-4-6-8-10-11-12-13-14-15-16-17-18-19-20-21-23-26(29)28-25-27(3,30)24-22-9-7-5-2/h8,10-14,17-21,23,30H,4-7,9,15-16,22,24-25H2,1-3H3,(H,28,29). The van der Waals surface area contributed by atoms with E-state index in [4.69, 9.17) is 0 Å². The summed E-state index contributed by atoms with van der Waals surface area (Å²) in [6.45, 7) is 6.40. The third-order valence-corrected chi connectivity index (χ3v) is 4.49. The number of aliphatic hydroxyl groups is 1. The SMILES string of the molecule is CCCC=CC=CC=CCCC=CC=CC=CC(=O)NCC(C)(O)CCCCCC. The van der Waals surface area contributed by atoms with Crippen molar-refractivity contribution in [1.82, 2.24) is 5.32 Å². The summed E-state index contributed by atoms with van der Waals surface area (Å²) in [7, 11) is 0. The number of amides is 1. The Morgan fingerprint density at radius 3 is 1.90 bits per heavy atom. The molecule has 0 saturated carbocycles. The second-order valence-corrected chi connectivity index (χ2v) is 7.80. The molecular formula is C27H43NO2. The molecule has 3 heteroatoms. The molecule has 0 bridgehead atoms. The van der Waals surface area contributed by atoms with E-state index < -0.39 is 5.60 Å². The van der Waals surface area contributed by atoms with Gasteiger partial charge in [0.25, 0.3) is 0 Å². The van der Waals surface area contributed by atoms with E-state index in [0.717, 1.165) is 32.1 Å². The number of nitrogens with one attached hydrogen (secondary N) is 1. The van der Waals surface area contributed by atoms with Crippen LogP contribution in [0, 0.1) is 0 Å². The third kappa shape index (κ3) is 20.6. The molecule has 0 heterocycles. The first-order chi connectivity index (χ1) is 14.5. The molecule has 2 N–H and O–H groups in total. The highest BCUT2D eigenvalue weighted by Gasteiger charge is 2.19. The molecule has 0 aromatic carbocycles. The fourth-order valence-corrected chi connectivity index (χ4v) is 2.64. The number of hydrogen-bond acceptors (Lipinski definition) is 2. The number of carbonyl (C=O) groups is 1. The lowest BCUT2D eigenvalue weighted by Gasteiger charge is -2.23. The molecule has 0 saturated heterocycles. The average molecular weight is 414 g/mol. The Morgan fingerprint density at radius 1 is 0.767 bits per heavy atom. The summed E-state index contributed by atoms with van der Waals surface area (Å²) in [5.41, 5.74) is -0.841. The van der Waals surface area contributed by atoms with Crippen molar-refractivity contribution < 1.29 is 9.90 Å². The number of rotatable bonds is 17. The summed E-state index contributed by atoms with van der Waals surface area (Å²) in [5, 5.41) is 13.1. The van der Waals surface area contributed by atoms with Crippen molar-refractivity contribution in [1.29, 1.82) is 0 Å². The van der Waals surface area contributed by atoms with Crippen molar-refractivity contribution in [2.75, 3.05) is 6.54 Å². The summed E-state index contributed by atoms with van der Waals surface area (Å²) in [6.07, 6.45) is 33.2. The van der Waals surface area contributed by atoms with Crippen LogP contribution in [-0.2, 0) is 4.79 Å². The highest BCUT2D eigenvalue weighted by molar-refractivity contribution is 5.87. The van der Waals surface area contributed by atoms with Crippen molar-refractivity contribution >= 4 is 5.91 Å². The first kappa shape index (κ1) is 27.9. The smallest absolute Gasteiger partial charge is 0.244 e. The topological polar surface area (TPSA) is 49.3 Å². The largest absolute Gasteiger partial charge is 0.388 e. The van der Waals surface area contributed by atoms with Crippen molar-refractivity contribution in [3.63, 3.8) is 0 Å². The van der Waals surface area contributed by atoms with Crippen LogP contribution in [0.2, 0.25) is 0 Å². The minimum Gasteiger partial charge on any atom is -0.388 e. The van der Waals surface area contributed by atoms with Gasteiger partial charge in [-0.2, -0.15) is 0 Å². The predicted octanol–water partition coefficient (Wildman–Crippen LogP) is 6.74. The van der Waals surface area contributed by atoms with Gasteiger partial charge in [-0.05, 0) is 32.6 Å². The molecule has 30 heavy (non-hydrogen) atoms. The minimum atomic E-state index is -0.841. The number of carbonyl (C=O) groups excluding carboxylic acids is 1. The van der Waals surface area contributed by atoms with Gasteiger partial charge in [0.15, 0.2) is 0 Å². The van der Waals surface area contributed by atoms with E-state index in [1.807, 2.05) is 18.2 Å². The van der Waals surface area contributed by atoms with Gasteiger partial charge in [-0.1, -0.05) is 113 Å². The summed E-state index contributed by atoms with van der Waals surface area (Å²) in [4.78, 5) is 11.8. The van der Waals surface area contributed by atoms with Gasteiger partial charge in [0.2, 0.25) is 5.91 Å². The van der Waals surface area contributed by atoms with Crippen LogP contribution < -0.4 is 5.32 Å². The van der Waals surface area contributed by atoms with Gasteiger partial charge in [0.05, 0.1) is 5.60 Å². The maximum absolute atomic E-state index is 11.8. The summed E-state index contributed by atoms with van der Waals surface area (Å²) in [6, 6.07) is 0. The van der Waals surface area contributed by atoms with Gasteiger partial charge < -0.3 is 10.4 Å². The Bertz CT molecular complexity index is 592. The first-order valence-corrected chi connectivity index (χ1v) is 11.5. The quantitative estimate of drug-likeness (QED) is 0.157. The zero-order valence-corrected chi connectivity index (χ0v) is 19.4. The maximum atomic E-state index is 11.8. The van der Waals surface area contributed by atoms with Gasteiger partial charge in [0.1, 0.15) is 0 Å². The molecule has 168 valence electrons. The molecule has 0 aliphatic heterocycles. The van der Waals surface area contributed by atoms with Crippen LogP contribution >= 0.6 is 0 Å². The van der Waals surface area contributed by atoms with E-state index in [-0.39, 0.29) is 12.5 Å². The highest BCUT2D eigenvalue weighted by atomic mass is 16.3. The molecule has 0 aromatic heterocycles. The summed E-state index contributed by atoms with van der Waals surface area (Å²) in [5.74, 6) is -0.180. The van der Waals surface area contributed by atoms with Crippen LogP contribution in [-0.4, -0.2) is 23.2 Å². The van der Waals surface area contributed by atoms with Gasteiger partial charge in [-0.25, -0.2) is 0 Å². The van der Waals surface area contributed by atoms with Crippen molar-refractivity contribution in [2.45, 2.75) is 84.2 Å². The van der Waals surface area contributed by atoms with Crippen molar-refractivity contribution in [3.8, 4) is 0 Å². The zero-order valence-electron chi connectivity index (χ0n) is 19.4. The molecule has 0 spiro atoms. The molecule has 0 aliphatic carbocycles. The molecule has 0 aliphatic rings. The lowest BCUT2D eigenvalue weighted by Crippen LogP contribution is -2.40. The molecule has 3 nitrogen and oxygen atoms in total. The van der Waals surface area contributed by atoms with Gasteiger partial charge in [-0.3, -0.25) is 4.79 Å². The maximum Gasteiger partial charge on any atom is 0.244 e. The van der Waals surface area contributed by atoms with Gasteiger partial charge in [0, 0.05) is 12.6 Å². The number of unbranched alkanes of at least 4 members (excludes halogenated alkanes) is 5. The molecule has 1 unspecified atom stereocenters. The Hall–Kier alpha value is -2.13. The van der Waals surface area contributed by atoms with E-state index in [0.29, 0.717) is 6.42 Å². The van der Waals surface area contributed by atoms with Crippen molar-refractivity contribution in [2.24, 2.45) is 0 Å². The van der Waals surface area contributed by atoms with Crippen LogP contribution in [0.1, 0.15) is 78.6 Å². The second-order valence-electron chi connectivity index (χ2n) is 7.80. The molecule has 0 radical (unpaired) electrons. The van der Waals surface area contributed by atoms with Gasteiger partial charge in [-0.15, -0.1) is 0 Å². The fourth-order valence-electron chi connectivity index (χ4n) is 2.64. The van der Waals surface area contributed by atoms with Crippen LogP contribution in [0.15, 0.2) is 72.9 Å². The Kier molecular flexibility index (Phi) is 18.7. The molecule has 0 rings (SSSR count). The zero-order chi connectivity index (χ0) is 22.3. The Labute approximate surface area is 185 Å². The lowest BCUT2D eigenvalue weighted by atomic mass is 9.98.